The van der Waals surface area contributed by atoms with Crippen molar-refractivity contribution >= 4 is 6.08 Å². The number of ether oxygens (including phenoxy) is 1. The van der Waals surface area contributed by atoms with Crippen molar-refractivity contribution in [2.24, 2.45) is 0 Å². The minimum atomic E-state index is 0.357. The molecule has 0 fully saturated rings. The number of benzene rings is 1. The molecule has 0 unspecified atom stereocenters. The summed E-state index contributed by atoms with van der Waals surface area (Å²) in [4.78, 5) is 4.11. The van der Waals surface area contributed by atoms with Gasteiger partial charge < -0.3 is 4.74 Å². The molecular formula is C15H10N2O. The van der Waals surface area contributed by atoms with Crippen LogP contribution in [0.1, 0.15) is 5.56 Å². The summed E-state index contributed by atoms with van der Waals surface area (Å²) in [5.41, 5.74) is 3.71. The molecule has 1 aromatic carbocycles. The molecular weight excluding hydrogens is 224 g/mol. The zero-order chi connectivity index (χ0) is 12.4. The average molecular weight is 234 g/mol. The zero-order valence-electron chi connectivity index (χ0n) is 9.63. The molecule has 0 radical (unpaired) electrons. The molecule has 1 aromatic heterocycles. The van der Waals surface area contributed by atoms with Crippen LogP contribution in [0.4, 0.5) is 0 Å². The fourth-order valence-electron chi connectivity index (χ4n) is 1.96. The van der Waals surface area contributed by atoms with E-state index in [1.54, 1.807) is 6.20 Å². The van der Waals surface area contributed by atoms with Gasteiger partial charge in [0, 0.05) is 23.5 Å². The van der Waals surface area contributed by atoms with Crippen LogP contribution in [0.25, 0.3) is 17.2 Å². The van der Waals surface area contributed by atoms with Crippen molar-refractivity contribution in [2.45, 2.75) is 0 Å². The second-order valence-electron chi connectivity index (χ2n) is 4.06. The Balaban J connectivity index is 2.08. The van der Waals surface area contributed by atoms with Crippen LogP contribution in [0.2, 0.25) is 0 Å². The van der Waals surface area contributed by atoms with E-state index >= 15 is 0 Å². The minimum Gasteiger partial charge on any atom is -0.488 e. The molecule has 86 valence electrons. The van der Waals surface area contributed by atoms with Crippen LogP contribution >= 0.6 is 0 Å². The van der Waals surface area contributed by atoms with Gasteiger partial charge in [-0.25, -0.2) is 0 Å². The molecule has 18 heavy (non-hydrogen) atoms. The topological polar surface area (TPSA) is 45.9 Å². The number of aromatic nitrogens is 1. The molecule has 0 N–H and O–H groups in total. The molecule has 2 aromatic rings. The van der Waals surface area contributed by atoms with E-state index in [2.05, 4.69) is 11.1 Å². The summed E-state index contributed by atoms with van der Waals surface area (Å²) >= 11 is 0. The summed E-state index contributed by atoms with van der Waals surface area (Å²) in [7, 11) is 0. The Morgan fingerprint density at radius 1 is 1.22 bits per heavy atom. The van der Waals surface area contributed by atoms with Gasteiger partial charge in [-0.2, -0.15) is 5.26 Å². The third-order valence-corrected chi connectivity index (χ3v) is 2.86. The molecule has 3 nitrogen and oxygen atoms in total. The number of pyridine rings is 1. The third-order valence-electron chi connectivity index (χ3n) is 2.86. The highest BCUT2D eigenvalue weighted by atomic mass is 16.5. The summed E-state index contributed by atoms with van der Waals surface area (Å²) < 4.78 is 5.51. The average Bonchev–Trinajstić information content (AvgIpc) is 2.47. The van der Waals surface area contributed by atoms with Crippen LogP contribution < -0.4 is 4.74 Å². The Morgan fingerprint density at radius 3 is 2.94 bits per heavy atom. The van der Waals surface area contributed by atoms with E-state index in [9.17, 15) is 0 Å². The number of hydrogen-bond acceptors (Lipinski definition) is 3. The highest BCUT2D eigenvalue weighted by Gasteiger charge is 2.11. The van der Waals surface area contributed by atoms with Crippen molar-refractivity contribution in [1.82, 2.24) is 4.98 Å². The van der Waals surface area contributed by atoms with E-state index in [4.69, 9.17) is 10.00 Å². The van der Waals surface area contributed by atoms with Crippen molar-refractivity contribution in [1.29, 1.82) is 5.26 Å². The van der Waals surface area contributed by atoms with Crippen molar-refractivity contribution in [3.63, 3.8) is 0 Å². The van der Waals surface area contributed by atoms with Crippen molar-refractivity contribution in [3.8, 4) is 22.9 Å². The molecule has 0 saturated carbocycles. The first-order chi connectivity index (χ1) is 8.86. The Hall–Kier alpha value is -2.60. The van der Waals surface area contributed by atoms with Gasteiger partial charge in [-0.05, 0) is 29.8 Å². The van der Waals surface area contributed by atoms with E-state index in [-0.39, 0.29) is 0 Å². The smallest absolute Gasteiger partial charge is 0.127 e. The molecule has 0 bridgehead atoms. The number of nitrogens with zero attached hydrogens (tertiary/aromatic N) is 2. The largest absolute Gasteiger partial charge is 0.488 e. The van der Waals surface area contributed by atoms with Crippen molar-refractivity contribution in [3.05, 3.63) is 53.9 Å². The van der Waals surface area contributed by atoms with Crippen LogP contribution in [-0.2, 0) is 0 Å². The lowest BCUT2D eigenvalue weighted by Gasteiger charge is -2.15. The van der Waals surface area contributed by atoms with Gasteiger partial charge in [-0.3, -0.25) is 4.98 Å². The van der Waals surface area contributed by atoms with Crippen LogP contribution in [0, 0.1) is 11.3 Å². The SMILES string of the molecule is N#CC1=Cc2cc(-c3cccnc3)ccc2OC1. The Morgan fingerprint density at radius 2 is 2.17 bits per heavy atom. The first kappa shape index (κ1) is 10.5. The van der Waals surface area contributed by atoms with E-state index < -0.39 is 0 Å². The number of rotatable bonds is 1. The predicted molar refractivity (Wildman–Crippen MR) is 68.8 cm³/mol. The lowest BCUT2D eigenvalue weighted by Crippen LogP contribution is -2.05. The fourth-order valence-corrected chi connectivity index (χ4v) is 1.96. The second kappa shape index (κ2) is 4.34. The highest BCUT2D eigenvalue weighted by Crippen LogP contribution is 2.30. The standard InChI is InChI=1S/C15H10N2O/c16-8-11-6-14-7-12(3-4-15(14)18-10-11)13-2-1-5-17-9-13/h1-7,9H,10H2. The van der Waals surface area contributed by atoms with Crippen LogP contribution in [-0.4, -0.2) is 11.6 Å². The van der Waals surface area contributed by atoms with Gasteiger partial charge in [0.25, 0.3) is 0 Å². The number of hydrogen-bond donors (Lipinski definition) is 0. The monoisotopic (exact) mass is 234 g/mol. The molecule has 0 saturated heterocycles. The highest BCUT2D eigenvalue weighted by molar-refractivity contribution is 5.72. The van der Waals surface area contributed by atoms with Gasteiger partial charge in [0.15, 0.2) is 0 Å². The summed E-state index contributed by atoms with van der Waals surface area (Å²) in [5.74, 6) is 0.821. The lowest BCUT2D eigenvalue weighted by atomic mass is 10.0. The molecule has 0 aliphatic carbocycles. The van der Waals surface area contributed by atoms with Gasteiger partial charge in [-0.15, -0.1) is 0 Å². The molecule has 0 atom stereocenters. The quantitative estimate of drug-likeness (QED) is 0.761. The fraction of sp³-hybridized carbons (Fsp3) is 0.0667. The van der Waals surface area contributed by atoms with Crippen molar-refractivity contribution in [2.75, 3.05) is 6.61 Å². The van der Waals surface area contributed by atoms with Crippen LogP contribution in [0.5, 0.6) is 5.75 Å². The van der Waals surface area contributed by atoms with E-state index in [1.807, 2.05) is 42.6 Å². The predicted octanol–water partition coefficient (Wildman–Crippen LogP) is 3.05. The van der Waals surface area contributed by atoms with Gasteiger partial charge in [0.2, 0.25) is 0 Å². The molecule has 1 aliphatic heterocycles. The normalized spacial score (nSPS) is 12.9. The van der Waals surface area contributed by atoms with Gasteiger partial charge in [0.05, 0.1) is 11.6 Å². The second-order valence-corrected chi connectivity index (χ2v) is 4.06. The van der Waals surface area contributed by atoms with Gasteiger partial charge in [0.1, 0.15) is 12.4 Å². The maximum atomic E-state index is 8.89. The van der Waals surface area contributed by atoms with Crippen molar-refractivity contribution < 1.29 is 4.74 Å². The maximum absolute atomic E-state index is 8.89. The zero-order valence-corrected chi connectivity index (χ0v) is 9.63. The number of fused-ring (bicyclic) bond motifs is 1. The first-order valence-corrected chi connectivity index (χ1v) is 5.65. The summed E-state index contributed by atoms with van der Waals surface area (Å²) in [6.45, 7) is 0.357. The van der Waals surface area contributed by atoms with Crippen LogP contribution in [0.3, 0.4) is 0 Å². The molecule has 3 heteroatoms. The summed E-state index contributed by atoms with van der Waals surface area (Å²) in [5, 5.41) is 8.89. The summed E-state index contributed by atoms with van der Waals surface area (Å²) in [6, 6.07) is 12.0. The van der Waals surface area contributed by atoms with E-state index in [0.29, 0.717) is 12.2 Å². The molecule has 0 amide bonds. The Labute approximate surface area is 105 Å². The van der Waals surface area contributed by atoms with E-state index in [1.165, 1.54) is 0 Å². The van der Waals surface area contributed by atoms with Gasteiger partial charge >= 0.3 is 0 Å². The molecule has 1 aliphatic rings. The van der Waals surface area contributed by atoms with Gasteiger partial charge in [-0.1, -0.05) is 12.1 Å². The minimum absolute atomic E-state index is 0.357. The lowest BCUT2D eigenvalue weighted by molar-refractivity contribution is 0.352. The maximum Gasteiger partial charge on any atom is 0.127 e. The Bertz CT molecular complexity index is 654. The third kappa shape index (κ3) is 1.85. The van der Waals surface area contributed by atoms with E-state index in [0.717, 1.165) is 22.4 Å². The molecule has 3 rings (SSSR count). The first-order valence-electron chi connectivity index (χ1n) is 5.65. The molecule has 0 spiro atoms. The molecule has 2 heterocycles. The Kier molecular flexibility index (Phi) is 2.54. The summed E-state index contributed by atoms with van der Waals surface area (Å²) in [6.07, 6.45) is 5.44. The van der Waals surface area contributed by atoms with Crippen LogP contribution in [0.15, 0.2) is 48.3 Å². The number of nitriles is 1.